The van der Waals surface area contributed by atoms with Crippen molar-refractivity contribution in [2.45, 2.75) is 31.2 Å². The second-order valence-corrected chi connectivity index (χ2v) is 8.83. The van der Waals surface area contributed by atoms with E-state index in [2.05, 4.69) is 22.5 Å². The lowest BCUT2D eigenvalue weighted by molar-refractivity contribution is -0.143. The number of rotatable bonds is 5. The number of nitrogens with one attached hydrogen (secondary N) is 1. The summed E-state index contributed by atoms with van der Waals surface area (Å²) in [6.07, 6.45) is 2.51. The third-order valence-electron chi connectivity index (χ3n) is 6.78. The zero-order valence-electron chi connectivity index (χ0n) is 19.3. The second-order valence-electron chi connectivity index (χ2n) is 8.83. The Morgan fingerprint density at radius 3 is 2.37 bits per heavy atom. The van der Waals surface area contributed by atoms with Crippen molar-refractivity contribution in [3.63, 3.8) is 0 Å². The molecule has 1 saturated heterocycles. The molecule has 3 aromatic rings. The molecular formula is C26H26N4O5. The smallest absolute Gasteiger partial charge is 0.412 e. The summed E-state index contributed by atoms with van der Waals surface area (Å²) in [5.74, 6) is -1.43. The molecule has 1 aliphatic heterocycles. The highest BCUT2D eigenvalue weighted by Crippen LogP contribution is 2.44. The van der Waals surface area contributed by atoms with Gasteiger partial charge in [-0.3, -0.25) is 14.8 Å². The maximum Gasteiger partial charge on any atom is 0.412 e. The topological polar surface area (TPSA) is 114 Å². The molecule has 2 N–H and O–H groups in total. The maximum absolute atomic E-state index is 13.2. The molecule has 1 unspecified atom stereocenters. The molecule has 9 nitrogen and oxygen atoms in total. The molecule has 180 valence electrons. The zero-order chi connectivity index (χ0) is 24.5. The highest BCUT2D eigenvalue weighted by atomic mass is 16.5. The van der Waals surface area contributed by atoms with Gasteiger partial charge in [0, 0.05) is 19.5 Å². The average Bonchev–Trinajstić information content (AvgIpc) is 3.40. The SMILES string of the molecule is Cn1ncc(C(=O)N2CCCCC2C(=O)O)c1NC(=O)OCC1c2ccccc2-c2ccccc21. The lowest BCUT2D eigenvalue weighted by atomic mass is 9.98. The molecule has 2 amide bonds. The van der Waals surface area contributed by atoms with Gasteiger partial charge in [0.1, 0.15) is 24.0 Å². The molecule has 0 bridgehead atoms. The Hall–Kier alpha value is -4.14. The first kappa shape index (κ1) is 22.6. The quantitative estimate of drug-likeness (QED) is 0.581. The fourth-order valence-corrected chi connectivity index (χ4v) is 5.06. The van der Waals surface area contributed by atoms with Crippen LogP contribution in [0.5, 0.6) is 0 Å². The van der Waals surface area contributed by atoms with E-state index < -0.39 is 24.0 Å². The van der Waals surface area contributed by atoms with Crippen molar-refractivity contribution in [3.05, 3.63) is 71.4 Å². The molecule has 9 heteroatoms. The van der Waals surface area contributed by atoms with Gasteiger partial charge in [0.05, 0.1) is 6.20 Å². The number of ether oxygens (including phenoxy) is 1. The number of carboxylic acids is 1. The van der Waals surface area contributed by atoms with Crippen molar-refractivity contribution in [2.75, 3.05) is 18.5 Å². The number of fused-ring (bicyclic) bond motifs is 3. The third-order valence-corrected chi connectivity index (χ3v) is 6.78. The molecule has 35 heavy (non-hydrogen) atoms. The van der Waals surface area contributed by atoms with Crippen LogP contribution in [0.1, 0.15) is 46.7 Å². The van der Waals surface area contributed by atoms with Crippen molar-refractivity contribution >= 4 is 23.8 Å². The summed E-state index contributed by atoms with van der Waals surface area (Å²) in [5.41, 5.74) is 4.59. The van der Waals surface area contributed by atoms with Crippen LogP contribution in [0.15, 0.2) is 54.7 Å². The molecule has 2 heterocycles. The van der Waals surface area contributed by atoms with Gasteiger partial charge in [-0.1, -0.05) is 48.5 Å². The zero-order valence-corrected chi connectivity index (χ0v) is 19.3. The summed E-state index contributed by atoms with van der Waals surface area (Å²) in [6.45, 7) is 0.475. The van der Waals surface area contributed by atoms with Crippen LogP contribution >= 0.6 is 0 Å². The van der Waals surface area contributed by atoms with Gasteiger partial charge in [0.15, 0.2) is 0 Å². The largest absolute Gasteiger partial charge is 0.480 e. The van der Waals surface area contributed by atoms with Crippen molar-refractivity contribution < 1.29 is 24.2 Å². The van der Waals surface area contributed by atoms with Crippen molar-refractivity contribution in [3.8, 4) is 11.1 Å². The predicted octanol–water partition coefficient (Wildman–Crippen LogP) is 3.86. The summed E-state index contributed by atoms with van der Waals surface area (Å²) in [5, 5.41) is 16.3. The molecule has 1 aromatic heterocycles. The standard InChI is InChI=1S/C26H26N4O5/c1-29-23(20(14-27-29)24(31)30-13-7-6-12-22(30)25(32)33)28-26(34)35-15-21-18-10-4-2-8-16(18)17-9-3-5-11-19(17)21/h2-5,8-11,14,21-22H,6-7,12-13,15H2,1H3,(H,28,34)(H,32,33). The van der Waals surface area contributed by atoms with E-state index in [0.29, 0.717) is 13.0 Å². The molecule has 0 spiro atoms. The number of carboxylic acid groups (broad SMARTS) is 1. The van der Waals surface area contributed by atoms with Crippen LogP contribution in [0.25, 0.3) is 11.1 Å². The molecule has 5 rings (SSSR count). The Labute approximate surface area is 202 Å². The number of amides is 2. The minimum absolute atomic E-state index is 0.0922. The monoisotopic (exact) mass is 474 g/mol. The number of benzene rings is 2. The molecule has 0 radical (unpaired) electrons. The molecular weight excluding hydrogens is 448 g/mol. The van der Waals surface area contributed by atoms with E-state index in [9.17, 15) is 19.5 Å². The molecule has 1 aliphatic carbocycles. The first-order valence-corrected chi connectivity index (χ1v) is 11.6. The molecule has 2 aliphatic rings. The van der Waals surface area contributed by atoms with Gasteiger partial charge in [0.2, 0.25) is 0 Å². The van der Waals surface area contributed by atoms with Crippen LogP contribution in [0, 0.1) is 0 Å². The Morgan fingerprint density at radius 1 is 1.06 bits per heavy atom. The lowest BCUT2D eigenvalue weighted by Crippen LogP contribution is -2.48. The van der Waals surface area contributed by atoms with E-state index in [1.807, 2.05) is 36.4 Å². The van der Waals surface area contributed by atoms with Crippen molar-refractivity contribution in [1.82, 2.24) is 14.7 Å². The van der Waals surface area contributed by atoms with E-state index in [1.54, 1.807) is 7.05 Å². The Bertz CT molecular complexity index is 1250. The second kappa shape index (κ2) is 9.25. The number of hydrogen-bond acceptors (Lipinski definition) is 5. The molecule has 0 saturated carbocycles. The number of hydrogen-bond donors (Lipinski definition) is 2. The number of aliphatic carboxylic acids is 1. The highest BCUT2D eigenvalue weighted by Gasteiger charge is 2.35. The van der Waals surface area contributed by atoms with Gasteiger partial charge in [-0.05, 0) is 41.5 Å². The van der Waals surface area contributed by atoms with E-state index in [1.165, 1.54) is 15.8 Å². The summed E-state index contributed by atoms with van der Waals surface area (Å²) < 4.78 is 6.97. The van der Waals surface area contributed by atoms with Gasteiger partial charge in [-0.15, -0.1) is 0 Å². The van der Waals surface area contributed by atoms with Gasteiger partial charge in [-0.25, -0.2) is 9.59 Å². The minimum atomic E-state index is -1.03. The van der Waals surface area contributed by atoms with E-state index >= 15 is 0 Å². The van der Waals surface area contributed by atoms with Crippen LogP contribution in [-0.2, 0) is 16.6 Å². The normalized spacial score (nSPS) is 16.9. The lowest BCUT2D eigenvalue weighted by Gasteiger charge is -2.32. The van der Waals surface area contributed by atoms with E-state index in [0.717, 1.165) is 35.1 Å². The third kappa shape index (κ3) is 4.14. The van der Waals surface area contributed by atoms with Gasteiger partial charge >= 0.3 is 12.1 Å². The Balaban J connectivity index is 1.31. The number of piperidine rings is 1. The van der Waals surface area contributed by atoms with Crippen LogP contribution in [0.4, 0.5) is 10.6 Å². The summed E-state index contributed by atoms with van der Waals surface area (Å²) in [4.78, 5) is 39.0. The van der Waals surface area contributed by atoms with Crippen molar-refractivity contribution in [2.24, 2.45) is 7.05 Å². The summed E-state index contributed by atoms with van der Waals surface area (Å²) >= 11 is 0. The molecule has 1 fully saturated rings. The fourth-order valence-electron chi connectivity index (χ4n) is 5.06. The van der Waals surface area contributed by atoms with Crippen LogP contribution in [-0.4, -0.2) is 57.0 Å². The number of carbonyl (C=O) groups is 3. The first-order valence-electron chi connectivity index (χ1n) is 11.6. The van der Waals surface area contributed by atoms with Crippen LogP contribution in [0.3, 0.4) is 0 Å². The van der Waals surface area contributed by atoms with Gasteiger partial charge < -0.3 is 14.7 Å². The number of aryl methyl sites for hydroxylation is 1. The molecule has 1 atom stereocenters. The van der Waals surface area contributed by atoms with Crippen molar-refractivity contribution in [1.29, 1.82) is 0 Å². The van der Waals surface area contributed by atoms with Gasteiger partial charge in [-0.2, -0.15) is 5.10 Å². The van der Waals surface area contributed by atoms with E-state index in [4.69, 9.17) is 4.74 Å². The number of likely N-dealkylation sites (tertiary alicyclic amines) is 1. The fraction of sp³-hybridized carbons (Fsp3) is 0.308. The van der Waals surface area contributed by atoms with Crippen LogP contribution in [0.2, 0.25) is 0 Å². The summed E-state index contributed by atoms with van der Waals surface area (Å²) in [6, 6.07) is 15.2. The average molecular weight is 475 g/mol. The first-order chi connectivity index (χ1) is 17.0. The minimum Gasteiger partial charge on any atom is -0.480 e. The number of carbonyl (C=O) groups excluding carboxylic acids is 2. The molecule has 2 aromatic carbocycles. The maximum atomic E-state index is 13.2. The number of anilines is 1. The van der Waals surface area contributed by atoms with Gasteiger partial charge in [0.25, 0.3) is 5.91 Å². The predicted molar refractivity (Wildman–Crippen MR) is 128 cm³/mol. The Morgan fingerprint density at radius 2 is 1.71 bits per heavy atom. The number of nitrogens with zero attached hydrogens (tertiary/aromatic N) is 3. The van der Waals surface area contributed by atoms with Crippen LogP contribution < -0.4 is 5.32 Å². The highest BCUT2D eigenvalue weighted by molar-refractivity contribution is 6.03. The Kier molecular flexibility index (Phi) is 5.98. The summed E-state index contributed by atoms with van der Waals surface area (Å²) in [7, 11) is 1.60. The number of aromatic nitrogens is 2. The van der Waals surface area contributed by atoms with E-state index in [-0.39, 0.29) is 23.9 Å².